The lowest BCUT2D eigenvalue weighted by Gasteiger charge is -2.22. The van der Waals surface area contributed by atoms with Crippen LogP contribution in [0, 0.1) is 12.0 Å². The molecule has 0 N–H and O–H groups in total. The van der Waals surface area contributed by atoms with E-state index in [-0.39, 0.29) is 0 Å². The van der Waals surface area contributed by atoms with Crippen LogP contribution in [0.25, 0.3) is 38.4 Å². The van der Waals surface area contributed by atoms with E-state index in [0.717, 1.165) is 12.1 Å². The second-order valence-electron chi connectivity index (χ2n) is 7.60. The minimum absolute atomic E-state index is 0.767. The Bertz CT molecular complexity index is 1510. The molecule has 140 valence electrons. The molecule has 6 rings (SSSR count). The quantitative estimate of drug-likeness (QED) is 0.230. The number of aromatic nitrogens is 1. The number of rotatable bonds is 0. The van der Waals surface area contributed by atoms with Gasteiger partial charge in [-0.05, 0) is 67.6 Å². The molecule has 1 aromatic heterocycles. The van der Waals surface area contributed by atoms with Crippen LogP contribution in [-0.2, 0) is 6.54 Å². The Hall–Kier alpha value is -4.09. The molecule has 0 amide bonds. The first kappa shape index (κ1) is 16.8. The molecule has 0 unspecified atom stereocenters. The summed E-state index contributed by atoms with van der Waals surface area (Å²) in [5, 5.41) is 7.80. The Morgan fingerprint density at radius 1 is 0.733 bits per heavy atom. The maximum Gasteiger partial charge on any atom is 0.0571 e. The molecule has 0 bridgehead atoms. The summed E-state index contributed by atoms with van der Waals surface area (Å²) in [4.78, 5) is 6.14. The molecular formula is C28H18N2. The van der Waals surface area contributed by atoms with E-state index in [1.54, 1.807) is 12.4 Å². The van der Waals surface area contributed by atoms with Crippen molar-refractivity contribution in [1.29, 1.82) is 0 Å². The van der Waals surface area contributed by atoms with Crippen molar-refractivity contribution in [2.75, 3.05) is 0 Å². The Morgan fingerprint density at radius 3 is 2.33 bits per heavy atom. The lowest BCUT2D eigenvalue weighted by molar-refractivity contribution is 0.528. The van der Waals surface area contributed by atoms with Gasteiger partial charge in [0.25, 0.3) is 0 Å². The summed E-state index contributed by atoms with van der Waals surface area (Å²) in [7, 11) is 0. The maximum atomic E-state index is 4.06. The number of nitrogens with zero attached hydrogens (tertiary/aromatic N) is 2. The van der Waals surface area contributed by atoms with Crippen molar-refractivity contribution in [2.45, 2.75) is 6.54 Å². The average Bonchev–Trinajstić information content (AvgIpc) is 2.82. The summed E-state index contributed by atoms with van der Waals surface area (Å²) in [6, 6.07) is 29.2. The van der Waals surface area contributed by atoms with Crippen LogP contribution in [0.15, 0.2) is 91.4 Å². The van der Waals surface area contributed by atoms with Crippen molar-refractivity contribution in [2.24, 2.45) is 0 Å². The second kappa shape index (κ2) is 6.76. The molecule has 1 aliphatic heterocycles. The molecule has 0 atom stereocenters. The van der Waals surface area contributed by atoms with Gasteiger partial charge in [0, 0.05) is 30.2 Å². The van der Waals surface area contributed by atoms with Gasteiger partial charge >= 0.3 is 0 Å². The molecule has 0 saturated heterocycles. The van der Waals surface area contributed by atoms with Gasteiger partial charge < -0.3 is 4.90 Å². The van der Waals surface area contributed by atoms with Crippen molar-refractivity contribution in [3.8, 4) is 12.0 Å². The van der Waals surface area contributed by atoms with Gasteiger partial charge in [0.05, 0.1) is 6.54 Å². The average molecular weight is 382 g/mol. The minimum Gasteiger partial charge on any atom is -0.304 e. The third kappa shape index (κ3) is 2.72. The molecule has 30 heavy (non-hydrogen) atoms. The van der Waals surface area contributed by atoms with Crippen molar-refractivity contribution < 1.29 is 0 Å². The van der Waals surface area contributed by atoms with Crippen molar-refractivity contribution in [3.05, 3.63) is 108 Å². The number of pyridine rings is 1. The SMILES string of the molecule is C(#CN1C=Cc2ccc3ccc4ccc5ccccc5c4c3c2C1)c1ccncc1. The van der Waals surface area contributed by atoms with Gasteiger partial charge in [-0.2, -0.15) is 0 Å². The first-order valence-corrected chi connectivity index (χ1v) is 10.1. The number of benzene rings is 4. The van der Waals surface area contributed by atoms with E-state index in [1.807, 2.05) is 12.1 Å². The lowest BCUT2D eigenvalue weighted by Crippen LogP contribution is -2.14. The molecule has 0 saturated carbocycles. The van der Waals surface area contributed by atoms with Gasteiger partial charge in [-0.3, -0.25) is 4.98 Å². The van der Waals surface area contributed by atoms with Crippen molar-refractivity contribution in [1.82, 2.24) is 9.88 Å². The second-order valence-corrected chi connectivity index (χ2v) is 7.60. The first-order valence-electron chi connectivity index (χ1n) is 10.1. The van der Waals surface area contributed by atoms with Crippen molar-refractivity contribution in [3.63, 3.8) is 0 Å². The molecule has 0 spiro atoms. The van der Waals surface area contributed by atoms with Crippen molar-refractivity contribution >= 4 is 38.4 Å². The summed E-state index contributed by atoms with van der Waals surface area (Å²) in [5.74, 6) is 3.24. The van der Waals surface area contributed by atoms with E-state index in [4.69, 9.17) is 0 Å². The summed E-state index contributed by atoms with van der Waals surface area (Å²) in [5.41, 5.74) is 3.57. The number of fused-ring (bicyclic) bond motifs is 7. The fraction of sp³-hybridized carbons (Fsp3) is 0.0357. The largest absolute Gasteiger partial charge is 0.304 e. The Balaban J connectivity index is 1.57. The van der Waals surface area contributed by atoms with Crippen LogP contribution in [0.2, 0.25) is 0 Å². The van der Waals surface area contributed by atoms with E-state index in [1.165, 1.54) is 43.4 Å². The highest BCUT2D eigenvalue weighted by molar-refractivity contribution is 6.21. The molecule has 1 aliphatic rings. The monoisotopic (exact) mass is 382 g/mol. The van der Waals surface area contributed by atoms with Gasteiger partial charge in [0.15, 0.2) is 0 Å². The topological polar surface area (TPSA) is 16.1 Å². The van der Waals surface area contributed by atoms with Gasteiger partial charge in [-0.25, -0.2) is 0 Å². The molecular weight excluding hydrogens is 364 g/mol. The van der Waals surface area contributed by atoms with Crippen LogP contribution in [0.3, 0.4) is 0 Å². The van der Waals surface area contributed by atoms with Gasteiger partial charge in [0.2, 0.25) is 0 Å². The minimum atomic E-state index is 0.767. The summed E-state index contributed by atoms with van der Waals surface area (Å²) < 4.78 is 0. The molecule has 2 heterocycles. The Morgan fingerprint density at radius 2 is 1.47 bits per heavy atom. The lowest BCUT2D eigenvalue weighted by atomic mass is 9.90. The smallest absolute Gasteiger partial charge is 0.0571 e. The fourth-order valence-electron chi connectivity index (χ4n) is 4.37. The zero-order chi connectivity index (χ0) is 19.9. The summed E-state index contributed by atoms with van der Waals surface area (Å²) in [6.45, 7) is 0.767. The van der Waals surface area contributed by atoms with Crippen LogP contribution in [0.5, 0.6) is 0 Å². The highest BCUT2D eigenvalue weighted by atomic mass is 15.1. The predicted molar refractivity (Wildman–Crippen MR) is 125 cm³/mol. The van der Waals surface area contributed by atoms with Crippen LogP contribution in [0.4, 0.5) is 0 Å². The highest BCUT2D eigenvalue weighted by Crippen LogP contribution is 2.37. The van der Waals surface area contributed by atoms with E-state index < -0.39 is 0 Å². The molecule has 4 aromatic carbocycles. The molecule has 2 heteroatoms. The van der Waals surface area contributed by atoms with Gasteiger partial charge in [-0.1, -0.05) is 60.7 Å². The van der Waals surface area contributed by atoms with Gasteiger partial charge in [-0.15, -0.1) is 0 Å². The third-order valence-electron chi connectivity index (χ3n) is 5.82. The zero-order valence-electron chi connectivity index (χ0n) is 16.3. The van der Waals surface area contributed by atoms with Crippen LogP contribution < -0.4 is 0 Å². The Kier molecular flexibility index (Phi) is 3.79. The normalized spacial score (nSPS) is 12.7. The van der Waals surface area contributed by atoms with Gasteiger partial charge in [0.1, 0.15) is 0 Å². The standard InChI is InChI=1S/C28H18N2/c1-2-4-25-21(3-1)5-7-23-9-10-24-8-6-22-14-18-30(19-26(22)28(24)27(23)25)17-13-20-11-15-29-16-12-20/h1-12,14-16,18H,19H2. The summed E-state index contributed by atoms with van der Waals surface area (Å²) >= 11 is 0. The molecule has 0 radical (unpaired) electrons. The zero-order valence-corrected chi connectivity index (χ0v) is 16.3. The molecule has 0 fully saturated rings. The predicted octanol–water partition coefficient (Wildman–Crippen LogP) is 6.34. The molecule has 2 nitrogen and oxygen atoms in total. The first-order chi connectivity index (χ1) is 14.9. The maximum absolute atomic E-state index is 4.06. The van der Waals surface area contributed by atoms with Crippen LogP contribution in [0.1, 0.15) is 16.7 Å². The number of hydrogen-bond donors (Lipinski definition) is 0. The van der Waals surface area contributed by atoms with E-state index >= 15 is 0 Å². The van der Waals surface area contributed by atoms with E-state index in [9.17, 15) is 0 Å². The highest BCUT2D eigenvalue weighted by Gasteiger charge is 2.16. The third-order valence-corrected chi connectivity index (χ3v) is 5.82. The number of hydrogen-bond acceptors (Lipinski definition) is 2. The Labute approximate surface area is 175 Å². The van der Waals surface area contributed by atoms with E-state index in [2.05, 4.69) is 94.8 Å². The van der Waals surface area contributed by atoms with E-state index in [0.29, 0.717) is 0 Å². The van der Waals surface area contributed by atoms with Crippen LogP contribution in [-0.4, -0.2) is 9.88 Å². The molecule has 5 aromatic rings. The summed E-state index contributed by atoms with van der Waals surface area (Å²) in [6.07, 6.45) is 7.79. The van der Waals surface area contributed by atoms with Crippen LogP contribution >= 0.6 is 0 Å². The fourth-order valence-corrected chi connectivity index (χ4v) is 4.37. The molecule has 0 aliphatic carbocycles.